The molecule has 1 saturated heterocycles. The molecule has 0 aliphatic carbocycles. The van der Waals surface area contributed by atoms with E-state index in [2.05, 4.69) is 5.32 Å². The Kier molecular flexibility index (Phi) is 7.09. The van der Waals surface area contributed by atoms with Crippen molar-refractivity contribution in [3.8, 4) is 0 Å². The lowest BCUT2D eigenvalue weighted by molar-refractivity contribution is -0.192. The fourth-order valence-corrected chi connectivity index (χ4v) is 1.30. The molecule has 1 heterocycles. The zero-order chi connectivity index (χ0) is 13.5. The van der Waals surface area contributed by atoms with E-state index in [1.807, 2.05) is 0 Å². The van der Waals surface area contributed by atoms with Gasteiger partial charge in [-0.05, 0) is 25.9 Å². The zero-order valence-corrected chi connectivity index (χ0v) is 9.07. The molecule has 0 spiro atoms. The van der Waals surface area contributed by atoms with Crippen molar-refractivity contribution in [3.05, 3.63) is 0 Å². The highest BCUT2D eigenvalue weighted by Gasteiger charge is 2.38. The Balaban J connectivity index is 0.000000325. The van der Waals surface area contributed by atoms with Crippen LogP contribution in [-0.2, 0) is 4.79 Å². The number of carboxylic acids is 1. The SMILES string of the molecule is O=C(O)C(F)(F)F.OCC1CCNCCC1O. The maximum absolute atomic E-state index is 10.6. The number of hydrogen-bond acceptors (Lipinski definition) is 4. The van der Waals surface area contributed by atoms with Gasteiger partial charge >= 0.3 is 12.1 Å². The topological polar surface area (TPSA) is 89.8 Å². The number of carboxylic acid groups (broad SMARTS) is 1. The van der Waals surface area contributed by atoms with E-state index >= 15 is 0 Å². The van der Waals surface area contributed by atoms with Crippen LogP contribution in [-0.4, -0.2) is 53.3 Å². The zero-order valence-electron chi connectivity index (χ0n) is 9.07. The summed E-state index contributed by atoms with van der Waals surface area (Å²) in [6.45, 7) is 1.91. The number of nitrogens with one attached hydrogen (secondary N) is 1. The lowest BCUT2D eigenvalue weighted by Gasteiger charge is -2.15. The minimum atomic E-state index is -5.08. The molecule has 17 heavy (non-hydrogen) atoms. The first kappa shape index (κ1) is 16.1. The molecule has 102 valence electrons. The van der Waals surface area contributed by atoms with E-state index in [4.69, 9.17) is 15.0 Å². The summed E-state index contributed by atoms with van der Waals surface area (Å²) in [5.74, 6) is -2.66. The Bertz CT molecular complexity index is 235. The van der Waals surface area contributed by atoms with Crippen LogP contribution in [0.25, 0.3) is 0 Å². The van der Waals surface area contributed by atoms with Crippen LogP contribution in [0.2, 0.25) is 0 Å². The van der Waals surface area contributed by atoms with Gasteiger partial charge in [0.05, 0.1) is 6.10 Å². The summed E-state index contributed by atoms with van der Waals surface area (Å²) < 4.78 is 31.7. The molecule has 5 nitrogen and oxygen atoms in total. The first-order valence-electron chi connectivity index (χ1n) is 5.08. The number of aliphatic hydroxyl groups is 2. The third kappa shape index (κ3) is 7.14. The van der Waals surface area contributed by atoms with Crippen molar-refractivity contribution >= 4 is 5.97 Å². The van der Waals surface area contributed by atoms with Crippen LogP contribution in [0, 0.1) is 5.92 Å². The maximum Gasteiger partial charge on any atom is 0.490 e. The standard InChI is InChI=1S/C7H15NO2.C2HF3O2/c9-5-6-1-3-8-4-2-7(6)10;3-2(4,5)1(6)7/h6-10H,1-5H2;(H,6,7). The maximum atomic E-state index is 10.6. The Labute approximate surface area is 96.2 Å². The highest BCUT2D eigenvalue weighted by atomic mass is 19.4. The number of halogens is 3. The van der Waals surface area contributed by atoms with Gasteiger partial charge in [0.25, 0.3) is 0 Å². The van der Waals surface area contributed by atoms with Crippen LogP contribution in [0.5, 0.6) is 0 Å². The first-order valence-corrected chi connectivity index (χ1v) is 5.08. The molecule has 0 aromatic rings. The third-order valence-corrected chi connectivity index (χ3v) is 2.33. The molecule has 0 aromatic carbocycles. The molecule has 0 aromatic heterocycles. The second-order valence-electron chi connectivity index (χ2n) is 3.64. The molecular weight excluding hydrogens is 243 g/mol. The van der Waals surface area contributed by atoms with Crippen LogP contribution in [0.4, 0.5) is 13.2 Å². The van der Waals surface area contributed by atoms with Crippen LogP contribution in [0.1, 0.15) is 12.8 Å². The lowest BCUT2D eigenvalue weighted by atomic mass is 9.99. The quantitative estimate of drug-likeness (QED) is 0.531. The van der Waals surface area contributed by atoms with Crippen molar-refractivity contribution < 1.29 is 33.3 Å². The Morgan fingerprint density at radius 1 is 1.29 bits per heavy atom. The summed E-state index contributed by atoms with van der Waals surface area (Å²) in [5, 5.41) is 28.4. The molecule has 8 heteroatoms. The van der Waals surface area contributed by atoms with Crippen molar-refractivity contribution in [3.63, 3.8) is 0 Å². The van der Waals surface area contributed by atoms with Gasteiger partial charge in [-0.15, -0.1) is 0 Å². The second kappa shape index (κ2) is 7.46. The molecule has 1 aliphatic heterocycles. The third-order valence-electron chi connectivity index (χ3n) is 2.33. The van der Waals surface area contributed by atoms with E-state index in [0.29, 0.717) is 0 Å². The van der Waals surface area contributed by atoms with Crippen LogP contribution in [0.3, 0.4) is 0 Å². The molecule has 1 rings (SSSR count). The van der Waals surface area contributed by atoms with Crippen molar-refractivity contribution in [2.75, 3.05) is 19.7 Å². The summed E-state index contributed by atoms with van der Waals surface area (Å²) in [5.41, 5.74) is 0. The van der Waals surface area contributed by atoms with Gasteiger partial charge in [-0.1, -0.05) is 0 Å². The van der Waals surface area contributed by atoms with Crippen molar-refractivity contribution in [2.24, 2.45) is 5.92 Å². The minimum absolute atomic E-state index is 0.0926. The molecule has 0 amide bonds. The smallest absolute Gasteiger partial charge is 0.475 e. The lowest BCUT2D eigenvalue weighted by Crippen LogP contribution is -2.23. The second-order valence-corrected chi connectivity index (χ2v) is 3.64. The first-order chi connectivity index (χ1) is 7.79. The van der Waals surface area contributed by atoms with Gasteiger partial charge in [-0.2, -0.15) is 13.2 Å². The molecule has 0 radical (unpaired) electrons. The van der Waals surface area contributed by atoms with Crippen molar-refractivity contribution in [2.45, 2.75) is 25.1 Å². The minimum Gasteiger partial charge on any atom is -0.475 e. The molecule has 0 bridgehead atoms. The summed E-state index contributed by atoms with van der Waals surface area (Å²) >= 11 is 0. The Morgan fingerprint density at radius 2 is 1.76 bits per heavy atom. The van der Waals surface area contributed by atoms with Crippen molar-refractivity contribution in [1.29, 1.82) is 0 Å². The van der Waals surface area contributed by atoms with Gasteiger partial charge in [0.1, 0.15) is 0 Å². The number of aliphatic hydroxyl groups excluding tert-OH is 2. The summed E-state index contributed by atoms with van der Waals surface area (Å²) in [6, 6.07) is 0. The van der Waals surface area contributed by atoms with E-state index < -0.39 is 12.1 Å². The largest absolute Gasteiger partial charge is 0.490 e. The fraction of sp³-hybridized carbons (Fsp3) is 0.889. The number of carbonyl (C=O) groups is 1. The summed E-state index contributed by atoms with van der Waals surface area (Å²) in [6.07, 6.45) is -3.73. The normalized spacial score (nSPS) is 25.5. The Morgan fingerprint density at radius 3 is 2.18 bits per heavy atom. The average molecular weight is 259 g/mol. The molecule has 1 fully saturated rings. The van der Waals surface area contributed by atoms with E-state index in [1.165, 1.54) is 0 Å². The molecular formula is C9H16F3NO4. The molecule has 0 saturated carbocycles. The van der Waals surface area contributed by atoms with Crippen LogP contribution >= 0.6 is 0 Å². The molecule has 4 N–H and O–H groups in total. The van der Waals surface area contributed by atoms with Gasteiger partial charge in [0.15, 0.2) is 0 Å². The van der Waals surface area contributed by atoms with Gasteiger partial charge in [0, 0.05) is 12.5 Å². The molecule has 2 unspecified atom stereocenters. The van der Waals surface area contributed by atoms with E-state index in [0.717, 1.165) is 25.9 Å². The molecule has 1 aliphatic rings. The predicted molar refractivity (Wildman–Crippen MR) is 52.4 cm³/mol. The molecule has 2 atom stereocenters. The Hall–Kier alpha value is -0.860. The van der Waals surface area contributed by atoms with Gasteiger partial charge in [0.2, 0.25) is 0 Å². The highest BCUT2D eigenvalue weighted by Crippen LogP contribution is 2.13. The summed E-state index contributed by atoms with van der Waals surface area (Å²) in [7, 11) is 0. The highest BCUT2D eigenvalue weighted by molar-refractivity contribution is 5.73. The van der Waals surface area contributed by atoms with Gasteiger partial charge < -0.3 is 20.6 Å². The van der Waals surface area contributed by atoms with Crippen LogP contribution in [0.15, 0.2) is 0 Å². The number of alkyl halides is 3. The fourth-order valence-electron chi connectivity index (χ4n) is 1.30. The summed E-state index contributed by atoms with van der Waals surface area (Å²) in [4.78, 5) is 8.90. The number of rotatable bonds is 1. The number of aliphatic carboxylic acids is 1. The van der Waals surface area contributed by atoms with Crippen molar-refractivity contribution in [1.82, 2.24) is 5.32 Å². The predicted octanol–water partition coefficient (Wildman–Crippen LogP) is -0.0275. The van der Waals surface area contributed by atoms with Gasteiger partial charge in [-0.25, -0.2) is 4.79 Å². The average Bonchev–Trinajstić information content (AvgIpc) is 2.42. The van der Waals surface area contributed by atoms with E-state index in [9.17, 15) is 18.3 Å². The van der Waals surface area contributed by atoms with Gasteiger partial charge in [-0.3, -0.25) is 0 Å². The monoisotopic (exact) mass is 259 g/mol. The van der Waals surface area contributed by atoms with E-state index in [1.54, 1.807) is 0 Å². The van der Waals surface area contributed by atoms with E-state index in [-0.39, 0.29) is 18.6 Å². The van der Waals surface area contributed by atoms with Crippen LogP contribution < -0.4 is 5.32 Å². The number of hydrogen-bond donors (Lipinski definition) is 4.